The molecule has 34 heavy (non-hydrogen) atoms. The number of aliphatic hydroxyl groups is 6. The number of hydrogen-bond donors (Lipinski definition) is 10. The molecule has 0 bridgehead atoms. The van der Waals surface area contributed by atoms with Crippen molar-refractivity contribution >= 4 is 0 Å². The molecule has 2 heterocycles. The summed E-state index contributed by atoms with van der Waals surface area (Å²) in [7, 11) is 1.58. The zero-order chi connectivity index (χ0) is 25.5. The molecule has 3 aliphatic rings. The third-order valence-electron chi connectivity index (χ3n) is 6.95. The van der Waals surface area contributed by atoms with Gasteiger partial charge in [-0.15, -0.1) is 0 Å². The van der Waals surface area contributed by atoms with E-state index in [0.717, 1.165) is 0 Å². The summed E-state index contributed by atoms with van der Waals surface area (Å²) in [5.41, 5.74) is 17.0. The van der Waals surface area contributed by atoms with Crippen molar-refractivity contribution in [1.82, 2.24) is 5.32 Å². The van der Waals surface area contributed by atoms with E-state index >= 15 is 0 Å². The van der Waals surface area contributed by atoms with Gasteiger partial charge in [-0.2, -0.15) is 0 Å². The molecule has 0 aromatic rings. The SMILES string of the molecule is CN[C@H]1[C@H](O)C(O[C@H]2[C@H](O)[C@@H](O[C@H]3O[C@H](C(C)O)[C@@H](O)[C@H](O)[C@H]3N)[C@H](N)C[C@@H]2N)OC[C@@]1(C)O. The third-order valence-corrected chi connectivity index (χ3v) is 6.95. The zero-order valence-electron chi connectivity index (χ0n) is 19.5. The highest BCUT2D eigenvalue weighted by Crippen LogP contribution is 2.32. The molecule has 3 fully saturated rings. The summed E-state index contributed by atoms with van der Waals surface area (Å²) in [6.07, 6.45) is -12.4. The molecular weight excluding hydrogens is 456 g/mol. The van der Waals surface area contributed by atoms with Crippen molar-refractivity contribution in [2.75, 3.05) is 13.7 Å². The van der Waals surface area contributed by atoms with Gasteiger partial charge in [-0.3, -0.25) is 0 Å². The van der Waals surface area contributed by atoms with Crippen LogP contribution in [0.4, 0.5) is 0 Å². The first kappa shape index (κ1) is 28.0. The highest BCUT2D eigenvalue weighted by molar-refractivity contribution is 5.02. The van der Waals surface area contributed by atoms with E-state index in [-0.39, 0.29) is 13.0 Å². The van der Waals surface area contributed by atoms with Crippen LogP contribution in [-0.2, 0) is 18.9 Å². The van der Waals surface area contributed by atoms with Crippen molar-refractivity contribution in [3.63, 3.8) is 0 Å². The van der Waals surface area contributed by atoms with E-state index in [4.69, 9.17) is 36.1 Å². The van der Waals surface area contributed by atoms with Gasteiger partial charge in [0.15, 0.2) is 12.6 Å². The van der Waals surface area contributed by atoms with Crippen LogP contribution in [0.2, 0.25) is 0 Å². The molecule has 0 spiro atoms. The predicted molar refractivity (Wildman–Crippen MR) is 116 cm³/mol. The molecule has 1 saturated carbocycles. The van der Waals surface area contributed by atoms with Crippen molar-refractivity contribution in [3.8, 4) is 0 Å². The number of ether oxygens (including phenoxy) is 4. The van der Waals surface area contributed by atoms with E-state index < -0.39 is 91.2 Å². The van der Waals surface area contributed by atoms with Gasteiger partial charge in [-0.05, 0) is 27.3 Å². The summed E-state index contributed by atoms with van der Waals surface area (Å²) in [6.45, 7) is 2.75. The summed E-state index contributed by atoms with van der Waals surface area (Å²) in [6, 6.07) is -3.47. The van der Waals surface area contributed by atoms with Crippen LogP contribution in [0.5, 0.6) is 0 Å². The molecule has 2 saturated heterocycles. The normalized spacial score (nSPS) is 53.5. The molecule has 2 aliphatic heterocycles. The minimum atomic E-state index is -1.46. The second-order valence-electron chi connectivity index (χ2n) is 9.82. The molecular formula is C20H40N4O10. The first-order valence-corrected chi connectivity index (χ1v) is 11.4. The van der Waals surface area contributed by atoms with Crippen molar-refractivity contribution in [2.45, 2.75) is 111 Å². The summed E-state index contributed by atoms with van der Waals surface area (Å²) in [5, 5.41) is 65.2. The molecule has 0 aromatic heterocycles. The Bertz CT molecular complexity index is 675. The van der Waals surface area contributed by atoms with Crippen molar-refractivity contribution in [2.24, 2.45) is 17.2 Å². The second-order valence-corrected chi connectivity index (χ2v) is 9.82. The van der Waals surface area contributed by atoms with Crippen LogP contribution in [0.15, 0.2) is 0 Å². The van der Waals surface area contributed by atoms with Crippen LogP contribution >= 0.6 is 0 Å². The van der Waals surface area contributed by atoms with Crippen molar-refractivity contribution in [3.05, 3.63) is 0 Å². The van der Waals surface area contributed by atoms with Gasteiger partial charge in [0.05, 0.1) is 24.8 Å². The molecule has 13 N–H and O–H groups in total. The minimum absolute atomic E-state index is 0.135. The summed E-state index contributed by atoms with van der Waals surface area (Å²) in [4.78, 5) is 0. The number of nitrogens with two attached hydrogens (primary N) is 3. The van der Waals surface area contributed by atoms with Gasteiger partial charge in [0.25, 0.3) is 0 Å². The Morgan fingerprint density at radius 2 is 1.50 bits per heavy atom. The minimum Gasteiger partial charge on any atom is -0.391 e. The average Bonchev–Trinajstić information content (AvgIpc) is 2.75. The number of aliphatic hydroxyl groups excluding tert-OH is 5. The van der Waals surface area contributed by atoms with E-state index in [0.29, 0.717) is 0 Å². The molecule has 1 aliphatic carbocycles. The van der Waals surface area contributed by atoms with Crippen LogP contribution in [0.25, 0.3) is 0 Å². The second kappa shape index (κ2) is 10.8. The van der Waals surface area contributed by atoms with Crippen LogP contribution < -0.4 is 22.5 Å². The van der Waals surface area contributed by atoms with Gasteiger partial charge in [-0.1, -0.05) is 0 Å². The van der Waals surface area contributed by atoms with E-state index in [1.807, 2.05) is 0 Å². The molecule has 0 radical (unpaired) electrons. The van der Waals surface area contributed by atoms with E-state index in [1.54, 1.807) is 7.05 Å². The Labute approximate surface area is 197 Å². The summed E-state index contributed by atoms with van der Waals surface area (Å²) in [5.74, 6) is 0. The average molecular weight is 497 g/mol. The summed E-state index contributed by atoms with van der Waals surface area (Å²) < 4.78 is 22.8. The Morgan fingerprint density at radius 1 is 0.941 bits per heavy atom. The van der Waals surface area contributed by atoms with Crippen molar-refractivity contribution in [1.29, 1.82) is 0 Å². The Balaban J connectivity index is 1.73. The van der Waals surface area contributed by atoms with Gasteiger partial charge in [0.1, 0.15) is 48.3 Å². The Hall–Kier alpha value is -0.560. The summed E-state index contributed by atoms with van der Waals surface area (Å²) >= 11 is 0. The monoisotopic (exact) mass is 496 g/mol. The highest BCUT2D eigenvalue weighted by atomic mass is 16.7. The first-order chi connectivity index (χ1) is 15.8. The number of hydrogen-bond acceptors (Lipinski definition) is 14. The van der Waals surface area contributed by atoms with Crippen LogP contribution in [-0.4, -0.2) is 135 Å². The first-order valence-electron chi connectivity index (χ1n) is 11.4. The van der Waals surface area contributed by atoms with Crippen molar-refractivity contribution < 1.29 is 49.6 Å². The fraction of sp³-hybridized carbons (Fsp3) is 1.00. The molecule has 14 nitrogen and oxygen atoms in total. The third kappa shape index (κ3) is 5.40. The zero-order valence-corrected chi connectivity index (χ0v) is 19.5. The molecule has 15 atom stereocenters. The maximum atomic E-state index is 11.1. The van der Waals surface area contributed by atoms with Gasteiger partial charge >= 0.3 is 0 Å². The number of likely N-dealkylation sites (N-methyl/N-ethyl adjacent to an activating group) is 1. The molecule has 2 unspecified atom stereocenters. The lowest BCUT2D eigenvalue weighted by molar-refractivity contribution is -0.319. The topological polar surface area (TPSA) is 248 Å². The lowest BCUT2D eigenvalue weighted by atomic mass is 9.84. The van der Waals surface area contributed by atoms with Crippen LogP contribution in [0.3, 0.4) is 0 Å². The number of nitrogens with one attached hydrogen (secondary N) is 1. The van der Waals surface area contributed by atoms with Gasteiger partial charge < -0.3 is 72.1 Å². The fourth-order valence-corrected chi connectivity index (χ4v) is 4.95. The Morgan fingerprint density at radius 3 is 2.03 bits per heavy atom. The molecule has 0 amide bonds. The molecule has 3 rings (SSSR count). The van der Waals surface area contributed by atoms with Crippen LogP contribution in [0.1, 0.15) is 20.3 Å². The van der Waals surface area contributed by atoms with E-state index in [1.165, 1.54) is 13.8 Å². The molecule has 200 valence electrons. The van der Waals surface area contributed by atoms with E-state index in [9.17, 15) is 30.6 Å². The van der Waals surface area contributed by atoms with Gasteiger partial charge in [0.2, 0.25) is 0 Å². The highest BCUT2D eigenvalue weighted by Gasteiger charge is 2.52. The quantitative estimate of drug-likeness (QED) is 0.165. The maximum absolute atomic E-state index is 11.1. The maximum Gasteiger partial charge on any atom is 0.185 e. The smallest absolute Gasteiger partial charge is 0.185 e. The lowest BCUT2D eigenvalue weighted by Crippen LogP contribution is -2.69. The lowest BCUT2D eigenvalue weighted by Gasteiger charge is -2.49. The Kier molecular flexibility index (Phi) is 8.92. The van der Waals surface area contributed by atoms with Gasteiger partial charge in [-0.25, -0.2) is 0 Å². The fourth-order valence-electron chi connectivity index (χ4n) is 4.95. The molecule has 14 heteroatoms. The van der Waals surface area contributed by atoms with Crippen LogP contribution in [0, 0.1) is 0 Å². The predicted octanol–water partition coefficient (Wildman–Crippen LogP) is -5.61. The van der Waals surface area contributed by atoms with Gasteiger partial charge in [0, 0.05) is 12.1 Å². The largest absolute Gasteiger partial charge is 0.391 e. The molecule has 0 aromatic carbocycles. The standard InChI is InChI=1S/C20H40N4O10/c1-6(25)14-11(27)10(26)9(23)18(32-14)33-15-7(21)4-8(22)16(12(15)28)34-19-13(29)17(24-3)20(2,30)5-31-19/h6-19,24-30H,4-5,21-23H2,1-3H3/t6?,7-,8+,9-,10-,11+,12-,13+,14-,15+,16-,17+,18-,19?,20-/m1/s1. The van der Waals surface area contributed by atoms with E-state index in [2.05, 4.69) is 5.32 Å². The number of rotatable bonds is 6.